The molecule has 1 fully saturated rings. The van der Waals surface area contributed by atoms with Crippen LogP contribution in [0.1, 0.15) is 11.1 Å². The molecular weight excluding hydrogens is 329 g/mol. The van der Waals surface area contributed by atoms with Crippen molar-refractivity contribution in [3.05, 3.63) is 47.5 Å². The van der Waals surface area contributed by atoms with E-state index in [0.29, 0.717) is 5.69 Å². The summed E-state index contributed by atoms with van der Waals surface area (Å²) in [6, 6.07) is 9.48. The molecule has 2 heterocycles. The predicted octanol–water partition coefficient (Wildman–Crippen LogP) is 3.92. The van der Waals surface area contributed by atoms with Gasteiger partial charge in [-0.1, -0.05) is 6.07 Å². The summed E-state index contributed by atoms with van der Waals surface area (Å²) in [6.45, 7) is 3.58. The lowest BCUT2D eigenvalue weighted by molar-refractivity contribution is -0.137. The van der Waals surface area contributed by atoms with Crippen molar-refractivity contribution in [3.8, 4) is 0 Å². The van der Waals surface area contributed by atoms with E-state index < -0.39 is 11.7 Å². The predicted molar refractivity (Wildman–Crippen MR) is 93.5 cm³/mol. The Bertz CT molecular complexity index is 824. The fourth-order valence-corrected chi connectivity index (χ4v) is 3.18. The summed E-state index contributed by atoms with van der Waals surface area (Å²) in [5.74, 6) is 0. The van der Waals surface area contributed by atoms with Crippen molar-refractivity contribution >= 4 is 29.0 Å². The summed E-state index contributed by atoms with van der Waals surface area (Å²) in [6.07, 6.45) is -2.72. The van der Waals surface area contributed by atoms with Crippen molar-refractivity contribution in [1.29, 1.82) is 0 Å². The number of hydrogen-bond acceptors (Lipinski definition) is 4. The van der Waals surface area contributed by atoms with Crippen molar-refractivity contribution in [2.75, 3.05) is 36.4 Å². The van der Waals surface area contributed by atoms with Crippen molar-refractivity contribution in [3.63, 3.8) is 0 Å². The molecule has 0 spiro atoms. The first kappa shape index (κ1) is 16.0. The van der Waals surface area contributed by atoms with Crippen LogP contribution >= 0.6 is 0 Å². The fourth-order valence-electron chi connectivity index (χ4n) is 3.18. The smallest absolute Gasteiger partial charge is 0.368 e. The van der Waals surface area contributed by atoms with Crippen LogP contribution in [0.5, 0.6) is 0 Å². The minimum absolute atomic E-state index is 0.289. The highest BCUT2D eigenvalue weighted by Gasteiger charge is 2.31. The molecule has 2 aliphatic rings. The number of aliphatic imine (C=N–C) groups is 1. The van der Waals surface area contributed by atoms with Gasteiger partial charge in [0.1, 0.15) is 0 Å². The Balaban J connectivity index is 1.75. The lowest BCUT2D eigenvalue weighted by atomic mass is 10.1. The van der Waals surface area contributed by atoms with E-state index in [2.05, 4.69) is 20.5 Å². The zero-order chi connectivity index (χ0) is 17.4. The first-order valence-corrected chi connectivity index (χ1v) is 8.13. The molecule has 0 radical (unpaired) electrons. The van der Waals surface area contributed by atoms with E-state index >= 15 is 0 Å². The first-order valence-electron chi connectivity index (χ1n) is 8.13. The van der Waals surface area contributed by atoms with Crippen LogP contribution in [-0.2, 0) is 6.18 Å². The highest BCUT2D eigenvalue weighted by atomic mass is 19.4. The minimum Gasteiger partial charge on any atom is -0.368 e. The van der Waals surface area contributed by atoms with Gasteiger partial charge in [0.15, 0.2) is 0 Å². The van der Waals surface area contributed by atoms with Crippen LogP contribution in [0.3, 0.4) is 0 Å². The van der Waals surface area contributed by atoms with Gasteiger partial charge in [-0.05, 0) is 30.3 Å². The molecule has 2 aromatic rings. The van der Waals surface area contributed by atoms with E-state index in [-0.39, 0.29) is 5.69 Å². The van der Waals surface area contributed by atoms with Crippen molar-refractivity contribution in [2.45, 2.75) is 6.18 Å². The average molecular weight is 346 g/mol. The molecule has 0 unspecified atom stereocenters. The largest absolute Gasteiger partial charge is 0.416 e. The second-order valence-electron chi connectivity index (χ2n) is 6.09. The van der Waals surface area contributed by atoms with Crippen LogP contribution < -0.4 is 15.5 Å². The number of halogens is 3. The van der Waals surface area contributed by atoms with E-state index in [0.717, 1.165) is 55.2 Å². The molecule has 2 aromatic carbocycles. The van der Waals surface area contributed by atoms with Crippen LogP contribution in [0.4, 0.5) is 35.9 Å². The number of alkyl halides is 3. The third-order valence-electron chi connectivity index (χ3n) is 4.47. The molecule has 4 rings (SSSR count). The van der Waals surface area contributed by atoms with Crippen LogP contribution in [0.15, 0.2) is 41.4 Å². The monoisotopic (exact) mass is 346 g/mol. The number of anilines is 3. The summed E-state index contributed by atoms with van der Waals surface area (Å²) in [7, 11) is 0. The van der Waals surface area contributed by atoms with Crippen LogP contribution in [0.25, 0.3) is 0 Å². The number of rotatable bonds is 1. The molecule has 7 heteroatoms. The van der Waals surface area contributed by atoms with Crippen LogP contribution in [0, 0.1) is 0 Å². The molecular formula is C18H17F3N4. The van der Waals surface area contributed by atoms with E-state index in [1.54, 1.807) is 6.21 Å². The summed E-state index contributed by atoms with van der Waals surface area (Å²) in [5, 5.41) is 6.54. The molecule has 0 atom stereocenters. The molecule has 0 amide bonds. The van der Waals surface area contributed by atoms with Gasteiger partial charge in [0, 0.05) is 49.3 Å². The minimum atomic E-state index is -4.38. The maximum atomic E-state index is 12.9. The van der Waals surface area contributed by atoms with E-state index in [4.69, 9.17) is 0 Å². The molecule has 0 bridgehead atoms. The lowest BCUT2D eigenvalue weighted by Gasteiger charge is -2.31. The van der Waals surface area contributed by atoms with Gasteiger partial charge < -0.3 is 15.5 Å². The van der Waals surface area contributed by atoms with Crippen molar-refractivity contribution in [2.24, 2.45) is 4.99 Å². The van der Waals surface area contributed by atoms with Crippen LogP contribution in [0.2, 0.25) is 0 Å². The zero-order valence-corrected chi connectivity index (χ0v) is 13.4. The number of hydrogen-bond donors (Lipinski definition) is 2. The average Bonchev–Trinajstić information content (AvgIpc) is 2.80. The molecule has 130 valence electrons. The summed E-state index contributed by atoms with van der Waals surface area (Å²) in [4.78, 5) is 6.59. The molecule has 0 saturated carbocycles. The van der Waals surface area contributed by atoms with E-state index in [1.165, 1.54) is 6.07 Å². The molecule has 0 aromatic heterocycles. The Hall–Kier alpha value is -2.54. The highest BCUT2D eigenvalue weighted by molar-refractivity contribution is 6.00. The summed E-state index contributed by atoms with van der Waals surface area (Å²) in [5.41, 5.74) is 2.95. The Morgan fingerprint density at radius 3 is 2.56 bits per heavy atom. The number of benzene rings is 2. The quantitative estimate of drug-likeness (QED) is 0.701. The molecule has 25 heavy (non-hydrogen) atoms. The number of fused-ring (bicyclic) bond motifs is 2. The zero-order valence-electron chi connectivity index (χ0n) is 13.4. The van der Waals surface area contributed by atoms with Gasteiger partial charge in [0.2, 0.25) is 0 Å². The second-order valence-corrected chi connectivity index (χ2v) is 6.09. The lowest BCUT2D eigenvalue weighted by Crippen LogP contribution is -2.43. The topological polar surface area (TPSA) is 39.7 Å². The third-order valence-corrected chi connectivity index (χ3v) is 4.47. The molecule has 1 saturated heterocycles. The van der Waals surface area contributed by atoms with E-state index in [9.17, 15) is 13.2 Å². The Kier molecular flexibility index (Phi) is 3.88. The second kappa shape index (κ2) is 6.07. The van der Waals surface area contributed by atoms with E-state index in [1.807, 2.05) is 18.2 Å². The van der Waals surface area contributed by atoms with Gasteiger partial charge in [0.05, 0.1) is 16.9 Å². The Labute approximate surface area is 143 Å². The SMILES string of the molecule is FC(F)(F)c1ccc2c(c1)N=Cc1c(cccc1N1CCNCC1)N2. The van der Waals surface area contributed by atoms with Gasteiger partial charge in [-0.25, -0.2) is 0 Å². The number of nitrogens with one attached hydrogen (secondary N) is 2. The van der Waals surface area contributed by atoms with Crippen LogP contribution in [-0.4, -0.2) is 32.4 Å². The van der Waals surface area contributed by atoms with Gasteiger partial charge in [-0.15, -0.1) is 0 Å². The molecule has 2 N–H and O–H groups in total. The van der Waals surface area contributed by atoms with Gasteiger partial charge in [-0.2, -0.15) is 13.2 Å². The molecule has 0 aliphatic carbocycles. The maximum absolute atomic E-state index is 12.9. The number of nitrogens with zero attached hydrogens (tertiary/aromatic N) is 2. The third kappa shape index (κ3) is 3.07. The maximum Gasteiger partial charge on any atom is 0.416 e. The Morgan fingerprint density at radius 2 is 1.80 bits per heavy atom. The molecule has 4 nitrogen and oxygen atoms in total. The van der Waals surface area contributed by atoms with Gasteiger partial charge in [0.25, 0.3) is 0 Å². The molecule has 2 aliphatic heterocycles. The normalized spacial score (nSPS) is 16.7. The highest BCUT2D eigenvalue weighted by Crippen LogP contribution is 2.39. The summed E-state index contributed by atoms with van der Waals surface area (Å²) < 4.78 is 38.8. The van der Waals surface area contributed by atoms with Gasteiger partial charge >= 0.3 is 6.18 Å². The Morgan fingerprint density at radius 1 is 1.00 bits per heavy atom. The van der Waals surface area contributed by atoms with Crippen molar-refractivity contribution in [1.82, 2.24) is 5.32 Å². The fraction of sp³-hybridized carbons (Fsp3) is 0.278. The summed E-state index contributed by atoms with van der Waals surface area (Å²) >= 11 is 0. The number of piperazine rings is 1. The first-order chi connectivity index (χ1) is 12.0. The standard InChI is InChI=1S/C18H17F3N4/c19-18(20,21)12-4-5-15-16(10-12)23-11-13-14(24-15)2-1-3-17(13)25-8-6-22-7-9-25/h1-5,10-11,22,24H,6-9H2. The van der Waals surface area contributed by atoms with Crippen molar-refractivity contribution < 1.29 is 13.2 Å². The van der Waals surface area contributed by atoms with Gasteiger partial charge in [-0.3, -0.25) is 4.99 Å².